The Morgan fingerprint density at radius 1 is 1.04 bits per heavy atom. The van der Waals surface area contributed by atoms with Gasteiger partial charge in [0.1, 0.15) is 17.1 Å². The molecule has 7 heteroatoms. The zero-order valence-corrected chi connectivity index (χ0v) is 15.7. The number of nitrogens with one attached hydrogen (secondary N) is 1. The van der Waals surface area contributed by atoms with E-state index >= 15 is 0 Å². The van der Waals surface area contributed by atoms with Crippen LogP contribution in [0, 0.1) is 6.92 Å². The Hall–Kier alpha value is -2.73. The predicted octanol–water partition coefficient (Wildman–Crippen LogP) is 3.85. The number of hydrogen-bond donors (Lipinski definition) is 1. The lowest BCUT2D eigenvalue weighted by Crippen LogP contribution is -2.30. The van der Waals surface area contributed by atoms with Gasteiger partial charge in [0.25, 0.3) is 5.91 Å². The van der Waals surface area contributed by atoms with Crippen LogP contribution >= 0.6 is 11.6 Å². The van der Waals surface area contributed by atoms with E-state index in [-0.39, 0.29) is 5.56 Å². The van der Waals surface area contributed by atoms with E-state index in [4.69, 9.17) is 25.8 Å². The lowest BCUT2D eigenvalue weighted by atomic mass is 10.1. The van der Waals surface area contributed by atoms with Crippen molar-refractivity contribution in [2.24, 2.45) is 0 Å². The molecule has 0 radical (unpaired) electrons. The summed E-state index contributed by atoms with van der Waals surface area (Å²) < 4.78 is 15.6. The summed E-state index contributed by atoms with van der Waals surface area (Å²) in [6.07, 6.45) is -1.03. The summed E-state index contributed by atoms with van der Waals surface area (Å²) >= 11 is 5.94. The molecular weight excluding hydrogens is 358 g/mol. The molecule has 0 aromatic heterocycles. The predicted molar refractivity (Wildman–Crippen MR) is 99.2 cm³/mol. The van der Waals surface area contributed by atoms with Crippen LogP contribution in [-0.2, 0) is 9.53 Å². The monoisotopic (exact) mass is 377 g/mol. The van der Waals surface area contributed by atoms with Crippen LogP contribution in [0.4, 0.5) is 5.69 Å². The van der Waals surface area contributed by atoms with Gasteiger partial charge in [-0.05, 0) is 44.2 Å². The van der Waals surface area contributed by atoms with Crippen molar-refractivity contribution in [3.63, 3.8) is 0 Å². The number of amides is 1. The van der Waals surface area contributed by atoms with Gasteiger partial charge in [0.15, 0.2) is 6.10 Å². The summed E-state index contributed by atoms with van der Waals surface area (Å²) in [6, 6.07) is 9.96. The Bertz CT molecular complexity index is 822. The summed E-state index contributed by atoms with van der Waals surface area (Å²) in [5.41, 5.74) is 1.52. The van der Waals surface area contributed by atoms with Gasteiger partial charge < -0.3 is 19.5 Å². The van der Waals surface area contributed by atoms with Crippen molar-refractivity contribution >= 4 is 29.2 Å². The molecule has 2 aromatic rings. The number of rotatable bonds is 6. The van der Waals surface area contributed by atoms with Crippen LogP contribution in [0.2, 0.25) is 5.02 Å². The van der Waals surface area contributed by atoms with Crippen molar-refractivity contribution < 1.29 is 23.8 Å². The summed E-state index contributed by atoms with van der Waals surface area (Å²) in [5, 5.41) is 3.08. The molecule has 0 heterocycles. The maximum absolute atomic E-state index is 12.4. The Balaban J connectivity index is 2.11. The maximum Gasteiger partial charge on any atom is 0.342 e. The Labute approximate surface area is 157 Å². The molecule has 0 fully saturated rings. The van der Waals surface area contributed by atoms with Gasteiger partial charge in [-0.1, -0.05) is 23.2 Å². The van der Waals surface area contributed by atoms with E-state index < -0.39 is 18.0 Å². The number of halogens is 1. The van der Waals surface area contributed by atoms with Gasteiger partial charge in [0, 0.05) is 5.02 Å². The highest BCUT2D eigenvalue weighted by atomic mass is 35.5. The first-order valence-electron chi connectivity index (χ1n) is 7.85. The second kappa shape index (κ2) is 8.58. The van der Waals surface area contributed by atoms with E-state index in [2.05, 4.69) is 5.32 Å². The second-order valence-electron chi connectivity index (χ2n) is 5.59. The van der Waals surface area contributed by atoms with E-state index in [1.165, 1.54) is 21.1 Å². The van der Waals surface area contributed by atoms with Crippen molar-refractivity contribution in [3.05, 3.63) is 52.5 Å². The normalized spacial score (nSPS) is 11.4. The lowest BCUT2D eigenvalue weighted by molar-refractivity contribution is -0.123. The molecule has 0 saturated heterocycles. The first-order chi connectivity index (χ1) is 12.3. The minimum Gasteiger partial charge on any atom is -0.496 e. The van der Waals surface area contributed by atoms with Gasteiger partial charge in [0.2, 0.25) is 0 Å². The molecular formula is C19H20ClNO5. The van der Waals surface area contributed by atoms with Crippen LogP contribution in [0.1, 0.15) is 22.8 Å². The molecule has 2 rings (SSSR count). The maximum atomic E-state index is 12.4. The Morgan fingerprint density at radius 3 is 2.35 bits per heavy atom. The van der Waals surface area contributed by atoms with Crippen LogP contribution in [0.3, 0.4) is 0 Å². The number of carbonyl (C=O) groups excluding carboxylic acids is 2. The number of benzene rings is 2. The average Bonchev–Trinajstić information content (AvgIpc) is 2.61. The molecule has 1 N–H and O–H groups in total. The summed E-state index contributed by atoms with van der Waals surface area (Å²) in [5.74, 6) is -0.330. The zero-order valence-electron chi connectivity index (χ0n) is 15.0. The minimum atomic E-state index is -1.03. The fourth-order valence-corrected chi connectivity index (χ4v) is 2.44. The van der Waals surface area contributed by atoms with Crippen molar-refractivity contribution in [2.45, 2.75) is 20.0 Å². The lowest BCUT2D eigenvalue weighted by Gasteiger charge is -2.16. The van der Waals surface area contributed by atoms with Gasteiger partial charge in [-0.15, -0.1) is 0 Å². The second-order valence-corrected chi connectivity index (χ2v) is 6.02. The van der Waals surface area contributed by atoms with Crippen LogP contribution in [-0.4, -0.2) is 32.2 Å². The average molecular weight is 378 g/mol. The molecule has 2 aromatic carbocycles. The van der Waals surface area contributed by atoms with Crippen LogP contribution < -0.4 is 14.8 Å². The van der Waals surface area contributed by atoms with Crippen molar-refractivity contribution in [1.82, 2.24) is 0 Å². The largest absolute Gasteiger partial charge is 0.496 e. The molecule has 1 unspecified atom stereocenters. The number of ether oxygens (including phenoxy) is 3. The van der Waals surface area contributed by atoms with Crippen LogP contribution in [0.25, 0.3) is 0 Å². The molecule has 1 amide bonds. The third-order valence-electron chi connectivity index (χ3n) is 3.65. The molecule has 0 spiro atoms. The molecule has 26 heavy (non-hydrogen) atoms. The summed E-state index contributed by atoms with van der Waals surface area (Å²) in [4.78, 5) is 24.8. The van der Waals surface area contributed by atoms with Gasteiger partial charge in [0.05, 0.1) is 19.9 Å². The molecule has 0 aliphatic carbocycles. The number of esters is 1. The van der Waals surface area contributed by atoms with Gasteiger partial charge in [-0.3, -0.25) is 4.79 Å². The first kappa shape index (κ1) is 19.6. The molecule has 1 atom stereocenters. The quantitative estimate of drug-likeness (QED) is 0.774. The third-order valence-corrected chi connectivity index (χ3v) is 3.88. The SMILES string of the molecule is COc1ccc(Cl)cc1NC(=O)C(C)OC(=O)c1cc(C)ccc1OC. The third kappa shape index (κ3) is 4.67. The highest BCUT2D eigenvalue weighted by molar-refractivity contribution is 6.31. The molecule has 0 bridgehead atoms. The van der Waals surface area contributed by atoms with Gasteiger partial charge in [-0.2, -0.15) is 0 Å². The smallest absolute Gasteiger partial charge is 0.342 e. The number of hydrogen-bond acceptors (Lipinski definition) is 5. The molecule has 0 aliphatic rings. The topological polar surface area (TPSA) is 73.9 Å². The zero-order chi connectivity index (χ0) is 19.3. The molecule has 0 aliphatic heterocycles. The van der Waals surface area contributed by atoms with Crippen LogP contribution in [0.5, 0.6) is 11.5 Å². The highest BCUT2D eigenvalue weighted by Crippen LogP contribution is 2.28. The van der Waals surface area contributed by atoms with Crippen LogP contribution in [0.15, 0.2) is 36.4 Å². The number of carbonyl (C=O) groups is 2. The van der Waals surface area contributed by atoms with Gasteiger partial charge >= 0.3 is 5.97 Å². The number of aryl methyl sites for hydroxylation is 1. The number of anilines is 1. The highest BCUT2D eigenvalue weighted by Gasteiger charge is 2.22. The van der Waals surface area contributed by atoms with Gasteiger partial charge in [-0.25, -0.2) is 4.79 Å². The van der Waals surface area contributed by atoms with E-state index in [0.717, 1.165) is 5.56 Å². The first-order valence-corrected chi connectivity index (χ1v) is 8.23. The molecule has 6 nitrogen and oxygen atoms in total. The van der Waals surface area contributed by atoms with Crippen molar-refractivity contribution in [3.8, 4) is 11.5 Å². The summed E-state index contributed by atoms with van der Waals surface area (Å²) in [6.45, 7) is 3.32. The van der Waals surface area contributed by atoms with Crippen molar-refractivity contribution in [2.75, 3.05) is 19.5 Å². The minimum absolute atomic E-state index is 0.257. The fourth-order valence-electron chi connectivity index (χ4n) is 2.27. The molecule has 0 saturated carbocycles. The Kier molecular flexibility index (Phi) is 6.46. The van der Waals surface area contributed by atoms with E-state index in [9.17, 15) is 9.59 Å². The standard InChI is InChI=1S/C19H20ClNO5/c1-11-5-7-16(24-3)14(9-11)19(23)26-12(2)18(22)21-15-10-13(20)6-8-17(15)25-4/h5-10,12H,1-4H3,(H,21,22). The van der Waals surface area contributed by atoms with Crippen molar-refractivity contribution in [1.29, 1.82) is 0 Å². The van der Waals surface area contributed by atoms with E-state index in [1.54, 1.807) is 30.3 Å². The fraction of sp³-hybridized carbons (Fsp3) is 0.263. The number of methoxy groups -OCH3 is 2. The summed E-state index contributed by atoms with van der Waals surface area (Å²) in [7, 11) is 2.94. The van der Waals surface area contributed by atoms with E-state index in [1.807, 2.05) is 13.0 Å². The molecule has 138 valence electrons. The van der Waals surface area contributed by atoms with E-state index in [0.29, 0.717) is 22.2 Å². The Morgan fingerprint density at radius 2 is 1.69 bits per heavy atom.